The molecule has 210 valence electrons. The Kier molecular flexibility index (Phi) is 8.10. The second-order valence-corrected chi connectivity index (χ2v) is 10.1. The summed E-state index contributed by atoms with van der Waals surface area (Å²) >= 11 is 2.02. The molecule has 0 unspecified atom stereocenters. The van der Waals surface area contributed by atoms with Crippen LogP contribution in [0.5, 0.6) is 23.0 Å². The molecule has 2 aliphatic rings. The predicted octanol–water partition coefficient (Wildman–Crippen LogP) is 4.41. The Balaban J connectivity index is 1.38. The molecule has 5 rings (SSSR count). The third-order valence-electron chi connectivity index (χ3n) is 6.04. The van der Waals surface area contributed by atoms with Gasteiger partial charge in [-0.25, -0.2) is 9.69 Å². The van der Waals surface area contributed by atoms with Gasteiger partial charge in [0.05, 0.1) is 15.9 Å². The summed E-state index contributed by atoms with van der Waals surface area (Å²) in [4.78, 5) is 52.0. The number of urea groups is 1. The van der Waals surface area contributed by atoms with Crippen molar-refractivity contribution < 1.29 is 38.1 Å². The van der Waals surface area contributed by atoms with Crippen LogP contribution in [0, 0.1) is 10.5 Å². The van der Waals surface area contributed by atoms with E-state index in [-0.39, 0.29) is 30.6 Å². The van der Waals surface area contributed by atoms with E-state index in [1.54, 1.807) is 37.3 Å². The van der Waals surface area contributed by atoms with Crippen molar-refractivity contribution in [2.24, 2.45) is 0 Å². The molecule has 1 saturated heterocycles. The minimum Gasteiger partial charge on any atom is -0.490 e. The largest absolute Gasteiger partial charge is 0.490 e. The molecule has 0 spiro atoms. The lowest BCUT2D eigenvalue weighted by Gasteiger charge is -2.26. The Hall–Kier alpha value is -4.59. The first kappa shape index (κ1) is 28.0. The average molecular weight is 669 g/mol. The summed E-state index contributed by atoms with van der Waals surface area (Å²) in [5, 5.41) is 4.98. The van der Waals surface area contributed by atoms with Crippen LogP contribution < -0.4 is 34.5 Å². The van der Waals surface area contributed by atoms with Gasteiger partial charge >= 0.3 is 6.03 Å². The number of nitrogens with one attached hydrogen (secondary N) is 2. The second kappa shape index (κ2) is 11.9. The first-order valence-corrected chi connectivity index (χ1v) is 13.6. The molecule has 3 aromatic carbocycles. The molecule has 2 N–H and O–H groups in total. The second-order valence-electron chi connectivity index (χ2n) is 8.96. The predicted molar refractivity (Wildman–Crippen MR) is 157 cm³/mol. The Labute approximate surface area is 248 Å². The Morgan fingerprint density at radius 3 is 2.56 bits per heavy atom. The standard InChI is InChI=1S/C29H24IN3O8/c1-3-38-24-12-17(11-21(30)26(24)39-14-25(34)31-18-6-4-16(2)5-7-18)10-20-27(35)32-29(37)33(28(20)36)19-8-9-22-23(13-19)41-15-40-22/h4-13H,3,14-15H2,1-2H3,(H,31,34)(H,32,35,37)/b20-10+. The van der Waals surface area contributed by atoms with Crippen LogP contribution in [-0.2, 0) is 14.4 Å². The highest BCUT2D eigenvalue weighted by Crippen LogP contribution is 2.37. The molecular weight excluding hydrogens is 645 g/mol. The first-order valence-electron chi connectivity index (χ1n) is 12.5. The quantitative estimate of drug-likeness (QED) is 0.205. The van der Waals surface area contributed by atoms with Gasteiger partial charge in [-0.05, 0) is 84.5 Å². The minimum atomic E-state index is -0.881. The van der Waals surface area contributed by atoms with Crippen LogP contribution in [0.1, 0.15) is 18.1 Å². The third-order valence-corrected chi connectivity index (χ3v) is 6.84. The topological polar surface area (TPSA) is 133 Å². The maximum Gasteiger partial charge on any atom is 0.335 e. The van der Waals surface area contributed by atoms with Crippen molar-refractivity contribution in [2.45, 2.75) is 13.8 Å². The number of carbonyl (C=O) groups is 4. The molecule has 0 aromatic heterocycles. The summed E-state index contributed by atoms with van der Waals surface area (Å²) in [6.07, 6.45) is 1.36. The number of hydrogen-bond acceptors (Lipinski definition) is 8. The van der Waals surface area contributed by atoms with E-state index in [9.17, 15) is 19.2 Å². The van der Waals surface area contributed by atoms with E-state index in [1.807, 2.05) is 41.6 Å². The number of rotatable bonds is 8. The molecule has 0 bridgehead atoms. The highest BCUT2D eigenvalue weighted by Gasteiger charge is 2.37. The van der Waals surface area contributed by atoms with Gasteiger partial charge in [-0.3, -0.25) is 19.7 Å². The SMILES string of the molecule is CCOc1cc(/C=C2\C(=O)NC(=O)N(c3ccc4c(c3)OCO4)C2=O)cc(I)c1OCC(=O)Nc1ccc(C)cc1. The van der Waals surface area contributed by atoms with Crippen molar-refractivity contribution in [1.82, 2.24) is 5.32 Å². The summed E-state index contributed by atoms with van der Waals surface area (Å²) in [5.74, 6) is -0.470. The summed E-state index contributed by atoms with van der Waals surface area (Å²) < 4.78 is 22.8. The first-order chi connectivity index (χ1) is 19.7. The number of aryl methyl sites for hydroxylation is 1. The van der Waals surface area contributed by atoms with Crippen LogP contribution in [0.25, 0.3) is 6.08 Å². The lowest BCUT2D eigenvalue weighted by molar-refractivity contribution is -0.122. The molecule has 41 heavy (non-hydrogen) atoms. The van der Waals surface area contributed by atoms with Crippen LogP contribution in [0.15, 0.2) is 60.2 Å². The van der Waals surface area contributed by atoms with E-state index in [1.165, 1.54) is 18.2 Å². The minimum absolute atomic E-state index is 0.0283. The summed E-state index contributed by atoms with van der Waals surface area (Å²) in [6, 6.07) is 14.4. The summed E-state index contributed by atoms with van der Waals surface area (Å²) in [7, 11) is 0. The van der Waals surface area contributed by atoms with Crippen LogP contribution in [0.2, 0.25) is 0 Å². The van der Waals surface area contributed by atoms with E-state index in [2.05, 4.69) is 10.6 Å². The smallest absolute Gasteiger partial charge is 0.335 e. The molecule has 2 aliphatic heterocycles. The van der Waals surface area contributed by atoms with Crippen molar-refractivity contribution in [2.75, 3.05) is 30.2 Å². The number of carbonyl (C=O) groups excluding carboxylic acids is 4. The van der Waals surface area contributed by atoms with Crippen LogP contribution >= 0.6 is 22.6 Å². The van der Waals surface area contributed by atoms with Gasteiger partial charge in [0, 0.05) is 11.8 Å². The molecule has 0 aliphatic carbocycles. The van der Waals surface area contributed by atoms with Gasteiger partial charge < -0.3 is 24.3 Å². The molecule has 11 nitrogen and oxygen atoms in total. The molecule has 1 fully saturated rings. The summed E-state index contributed by atoms with van der Waals surface area (Å²) in [6.45, 7) is 3.81. The van der Waals surface area contributed by atoms with Crippen molar-refractivity contribution >= 4 is 63.8 Å². The number of anilines is 2. The molecule has 12 heteroatoms. The molecule has 0 radical (unpaired) electrons. The lowest BCUT2D eigenvalue weighted by Crippen LogP contribution is -2.54. The number of imide groups is 2. The number of ether oxygens (including phenoxy) is 4. The fraction of sp³-hybridized carbons (Fsp3) is 0.172. The number of hydrogen-bond donors (Lipinski definition) is 2. The van der Waals surface area contributed by atoms with Crippen molar-refractivity contribution in [3.05, 3.63) is 74.9 Å². The van der Waals surface area contributed by atoms with Gasteiger partial charge in [0.15, 0.2) is 29.6 Å². The third kappa shape index (κ3) is 6.11. The van der Waals surface area contributed by atoms with E-state index < -0.39 is 17.8 Å². The molecule has 5 amide bonds. The maximum absolute atomic E-state index is 13.4. The zero-order chi connectivity index (χ0) is 29.1. The number of nitrogens with zero attached hydrogens (tertiary/aromatic N) is 1. The van der Waals surface area contributed by atoms with E-state index in [0.29, 0.717) is 44.4 Å². The van der Waals surface area contributed by atoms with E-state index >= 15 is 0 Å². The number of amides is 5. The van der Waals surface area contributed by atoms with Gasteiger partial charge in [0.25, 0.3) is 17.7 Å². The lowest BCUT2D eigenvalue weighted by atomic mass is 10.1. The van der Waals surface area contributed by atoms with Gasteiger partial charge in [-0.15, -0.1) is 0 Å². The molecule has 0 saturated carbocycles. The Morgan fingerprint density at radius 1 is 1.05 bits per heavy atom. The highest BCUT2D eigenvalue weighted by molar-refractivity contribution is 14.1. The zero-order valence-electron chi connectivity index (χ0n) is 22.0. The molecule has 0 atom stereocenters. The van der Waals surface area contributed by atoms with Crippen LogP contribution in [0.3, 0.4) is 0 Å². The van der Waals surface area contributed by atoms with Crippen LogP contribution in [-0.4, -0.2) is 43.8 Å². The highest BCUT2D eigenvalue weighted by atomic mass is 127. The zero-order valence-corrected chi connectivity index (χ0v) is 24.1. The number of halogens is 1. The molecule has 2 heterocycles. The number of fused-ring (bicyclic) bond motifs is 1. The monoisotopic (exact) mass is 669 g/mol. The van der Waals surface area contributed by atoms with E-state index in [4.69, 9.17) is 18.9 Å². The number of barbiturate groups is 1. The van der Waals surface area contributed by atoms with Gasteiger partial charge in [-0.2, -0.15) is 0 Å². The Morgan fingerprint density at radius 2 is 1.80 bits per heavy atom. The van der Waals surface area contributed by atoms with Gasteiger partial charge in [0.2, 0.25) is 6.79 Å². The van der Waals surface area contributed by atoms with Gasteiger partial charge in [-0.1, -0.05) is 17.7 Å². The number of benzene rings is 3. The average Bonchev–Trinajstić information content (AvgIpc) is 3.40. The van der Waals surface area contributed by atoms with Gasteiger partial charge in [0.1, 0.15) is 5.57 Å². The molecular formula is C29H24IN3O8. The molecule has 3 aromatic rings. The Bertz CT molecular complexity index is 1590. The fourth-order valence-electron chi connectivity index (χ4n) is 4.13. The van der Waals surface area contributed by atoms with Crippen LogP contribution in [0.4, 0.5) is 16.2 Å². The maximum atomic E-state index is 13.4. The van der Waals surface area contributed by atoms with Crippen molar-refractivity contribution in [1.29, 1.82) is 0 Å². The normalized spacial score (nSPS) is 15.1. The van der Waals surface area contributed by atoms with E-state index in [0.717, 1.165) is 10.5 Å². The fourth-order valence-corrected chi connectivity index (χ4v) is 4.91. The van der Waals surface area contributed by atoms with Crippen molar-refractivity contribution in [3.63, 3.8) is 0 Å². The van der Waals surface area contributed by atoms with Crippen molar-refractivity contribution in [3.8, 4) is 23.0 Å². The summed E-state index contributed by atoms with van der Waals surface area (Å²) in [5.41, 5.74) is 2.13.